The molecule has 8 heteroatoms. The molecule has 2 N–H and O–H groups in total. The Bertz CT molecular complexity index is 758. The first-order valence-corrected chi connectivity index (χ1v) is 7.16. The predicted octanol–water partition coefficient (Wildman–Crippen LogP) is 3.71. The van der Waals surface area contributed by atoms with E-state index in [-0.39, 0.29) is 15.7 Å². The molecule has 0 saturated heterocycles. The Morgan fingerprint density at radius 3 is 2.20 bits per heavy atom. The average molecular weight is 313 g/mol. The minimum absolute atomic E-state index is 0.0199. The minimum Gasteiger partial charge on any atom is -0.508 e. The van der Waals surface area contributed by atoms with Crippen LogP contribution in [0, 0.1) is 0 Å². The van der Waals surface area contributed by atoms with Gasteiger partial charge >= 0.3 is 0 Å². The molecule has 0 aliphatic heterocycles. The fourth-order valence-corrected chi connectivity index (χ4v) is 2.07. The minimum atomic E-state index is -4.22. The molecule has 0 aromatic heterocycles. The van der Waals surface area contributed by atoms with Crippen LogP contribution in [0.4, 0.5) is 11.4 Å². The second kappa shape index (κ2) is 5.58. The van der Waals surface area contributed by atoms with E-state index in [9.17, 15) is 13.5 Å². The van der Waals surface area contributed by atoms with E-state index in [1.807, 2.05) is 0 Å². The highest BCUT2D eigenvalue weighted by molar-refractivity contribution is 7.85. The molecule has 2 rings (SSSR count). The van der Waals surface area contributed by atoms with Crippen LogP contribution in [0.3, 0.4) is 0 Å². The van der Waals surface area contributed by atoms with Crippen molar-refractivity contribution in [1.82, 2.24) is 0 Å². The highest BCUT2D eigenvalue weighted by Crippen LogP contribution is 2.30. The Labute approximate surface area is 120 Å². The lowest BCUT2D eigenvalue weighted by molar-refractivity contribution is 0.475. The van der Waals surface area contributed by atoms with E-state index < -0.39 is 10.1 Å². The Morgan fingerprint density at radius 2 is 1.65 bits per heavy atom. The fraction of sp³-hybridized carbons (Fsp3) is 0. The van der Waals surface area contributed by atoms with Crippen molar-refractivity contribution in [2.45, 2.75) is 4.90 Å². The van der Waals surface area contributed by atoms with Gasteiger partial charge in [0.2, 0.25) is 0 Å². The lowest BCUT2D eigenvalue weighted by Crippen LogP contribution is -1.96. The summed E-state index contributed by atoms with van der Waals surface area (Å²) in [5, 5.41) is 17.2. The molecule has 2 aromatic carbocycles. The molecule has 0 heterocycles. The van der Waals surface area contributed by atoms with E-state index in [0.717, 1.165) is 0 Å². The molecule has 6 nitrogen and oxygen atoms in total. The van der Waals surface area contributed by atoms with Crippen LogP contribution >= 0.6 is 11.6 Å². The van der Waals surface area contributed by atoms with Gasteiger partial charge in [0.05, 0.1) is 15.6 Å². The number of benzene rings is 2. The summed E-state index contributed by atoms with van der Waals surface area (Å²) < 4.78 is 30.5. The third-order valence-electron chi connectivity index (χ3n) is 2.34. The number of azo groups is 1. The second-order valence-corrected chi connectivity index (χ2v) is 5.63. The van der Waals surface area contributed by atoms with Crippen LogP contribution in [-0.4, -0.2) is 18.1 Å². The summed E-state index contributed by atoms with van der Waals surface area (Å²) in [7, 11) is -4.22. The number of halogens is 1. The van der Waals surface area contributed by atoms with Crippen LogP contribution in [-0.2, 0) is 10.1 Å². The maximum absolute atomic E-state index is 10.9. The van der Waals surface area contributed by atoms with Crippen LogP contribution in [0.15, 0.2) is 57.6 Å². The molecule has 0 amide bonds. The van der Waals surface area contributed by atoms with Gasteiger partial charge in [0.1, 0.15) is 11.4 Å². The average Bonchev–Trinajstić information content (AvgIpc) is 2.37. The third-order valence-corrected chi connectivity index (χ3v) is 3.51. The monoisotopic (exact) mass is 312 g/mol. The molecule has 104 valence electrons. The zero-order valence-corrected chi connectivity index (χ0v) is 11.5. The number of phenols is 1. The summed E-state index contributed by atoms with van der Waals surface area (Å²) in [4.78, 5) is -0.223. The quantitative estimate of drug-likeness (QED) is 0.666. The lowest BCUT2D eigenvalue weighted by Gasteiger charge is -1.99. The SMILES string of the molecule is O=S(=O)(O)c1ccc(N=Nc2ccc(O)cc2Cl)cc1. The van der Waals surface area contributed by atoms with Crippen molar-refractivity contribution in [3.05, 3.63) is 47.5 Å². The standard InChI is InChI=1S/C12H9ClN2O4S/c13-11-7-9(16)3-6-12(11)15-14-8-1-4-10(5-2-8)20(17,18)19/h1-7,16H,(H,17,18,19). The molecule has 0 aliphatic carbocycles. The zero-order chi connectivity index (χ0) is 14.8. The van der Waals surface area contributed by atoms with Gasteiger partial charge in [-0.2, -0.15) is 13.5 Å². The van der Waals surface area contributed by atoms with Gasteiger partial charge in [0.25, 0.3) is 10.1 Å². The fourth-order valence-electron chi connectivity index (χ4n) is 1.37. The molecule has 20 heavy (non-hydrogen) atoms. The first kappa shape index (κ1) is 14.4. The van der Waals surface area contributed by atoms with E-state index in [4.69, 9.17) is 16.2 Å². The largest absolute Gasteiger partial charge is 0.508 e. The summed E-state index contributed by atoms with van der Waals surface area (Å²) in [5.41, 5.74) is 0.755. The summed E-state index contributed by atoms with van der Waals surface area (Å²) in [6.07, 6.45) is 0. The van der Waals surface area contributed by atoms with Gasteiger partial charge in [-0.3, -0.25) is 4.55 Å². The van der Waals surface area contributed by atoms with Crippen molar-refractivity contribution in [2.75, 3.05) is 0 Å². The summed E-state index contributed by atoms with van der Waals surface area (Å²) in [6.45, 7) is 0. The van der Waals surface area contributed by atoms with Crippen molar-refractivity contribution < 1.29 is 18.1 Å². The molecule has 0 atom stereocenters. The van der Waals surface area contributed by atoms with Crippen molar-refractivity contribution in [3.8, 4) is 5.75 Å². The third kappa shape index (κ3) is 3.53. The molecule has 0 fully saturated rings. The van der Waals surface area contributed by atoms with Crippen molar-refractivity contribution in [1.29, 1.82) is 0 Å². The summed E-state index contributed by atoms with van der Waals surface area (Å²) in [5.74, 6) is 0.0199. The Hall–Kier alpha value is -1.96. The van der Waals surface area contributed by atoms with Crippen LogP contribution in [0.25, 0.3) is 0 Å². The van der Waals surface area contributed by atoms with E-state index in [1.165, 1.54) is 42.5 Å². The first-order chi connectivity index (χ1) is 9.36. The van der Waals surface area contributed by atoms with Gasteiger partial charge in [0, 0.05) is 6.07 Å². The van der Waals surface area contributed by atoms with Crippen molar-refractivity contribution >= 4 is 33.1 Å². The summed E-state index contributed by atoms with van der Waals surface area (Å²) >= 11 is 5.85. The molecule has 0 saturated carbocycles. The molecule has 0 aliphatic rings. The van der Waals surface area contributed by atoms with Gasteiger partial charge < -0.3 is 5.11 Å². The van der Waals surface area contributed by atoms with Crippen molar-refractivity contribution in [3.63, 3.8) is 0 Å². The van der Waals surface area contributed by atoms with Crippen LogP contribution in [0.1, 0.15) is 0 Å². The first-order valence-electron chi connectivity index (χ1n) is 5.34. The van der Waals surface area contributed by atoms with Crippen LogP contribution in [0.5, 0.6) is 5.75 Å². The predicted molar refractivity (Wildman–Crippen MR) is 73.5 cm³/mol. The Balaban J connectivity index is 2.24. The molecule has 0 unspecified atom stereocenters. The lowest BCUT2D eigenvalue weighted by atomic mass is 10.3. The van der Waals surface area contributed by atoms with E-state index in [1.54, 1.807) is 0 Å². The number of hydrogen-bond donors (Lipinski definition) is 2. The number of rotatable bonds is 3. The summed E-state index contributed by atoms with van der Waals surface area (Å²) in [6, 6.07) is 9.44. The molecule has 0 radical (unpaired) electrons. The van der Waals surface area contributed by atoms with Gasteiger partial charge in [-0.25, -0.2) is 0 Å². The molecule has 0 spiro atoms. The normalized spacial score (nSPS) is 11.9. The Morgan fingerprint density at radius 1 is 1.00 bits per heavy atom. The second-order valence-electron chi connectivity index (χ2n) is 3.80. The van der Waals surface area contributed by atoms with E-state index in [2.05, 4.69) is 10.2 Å². The van der Waals surface area contributed by atoms with E-state index >= 15 is 0 Å². The maximum Gasteiger partial charge on any atom is 0.294 e. The number of aromatic hydroxyl groups is 1. The van der Waals surface area contributed by atoms with Gasteiger partial charge in [-0.15, -0.1) is 5.11 Å². The van der Waals surface area contributed by atoms with Crippen LogP contribution in [0.2, 0.25) is 5.02 Å². The number of nitrogens with zero attached hydrogens (tertiary/aromatic N) is 2. The zero-order valence-electron chi connectivity index (χ0n) is 9.93. The molecular weight excluding hydrogens is 304 g/mol. The highest BCUT2D eigenvalue weighted by atomic mass is 35.5. The van der Waals surface area contributed by atoms with E-state index in [0.29, 0.717) is 11.4 Å². The highest BCUT2D eigenvalue weighted by Gasteiger charge is 2.08. The number of hydrogen-bond acceptors (Lipinski definition) is 5. The van der Waals surface area contributed by atoms with Gasteiger partial charge in [-0.05, 0) is 36.4 Å². The van der Waals surface area contributed by atoms with Gasteiger partial charge in [0.15, 0.2) is 0 Å². The van der Waals surface area contributed by atoms with Crippen LogP contribution < -0.4 is 0 Å². The van der Waals surface area contributed by atoms with Gasteiger partial charge in [-0.1, -0.05) is 11.6 Å². The molecule has 0 bridgehead atoms. The Kier molecular flexibility index (Phi) is 4.03. The number of phenolic OH excluding ortho intramolecular Hbond substituents is 1. The topological polar surface area (TPSA) is 99.3 Å². The molecule has 2 aromatic rings. The van der Waals surface area contributed by atoms with Crippen molar-refractivity contribution in [2.24, 2.45) is 10.2 Å². The maximum atomic E-state index is 10.9. The molecular formula is C12H9ClN2O4S. The smallest absolute Gasteiger partial charge is 0.294 e.